The minimum atomic E-state index is -0.392. The van der Waals surface area contributed by atoms with Crippen molar-refractivity contribution < 1.29 is 18.8 Å². The fourth-order valence-electron chi connectivity index (χ4n) is 3.86. The second-order valence-corrected chi connectivity index (χ2v) is 7.27. The Balaban J connectivity index is 1.40. The number of hydrogen-bond acceptors (Lipinski definition) is 3. The van der Waals surface area contributed by atoms with Gasteiger partial charge in [-0.15, -0.1) is 0 Å². The van der Waals surface area contributed by atoms with Crippen LogP contribution in [0.1, 0.15) is 48.9 Å². The van der Waals surface area contributed by atoms with Gasteiger partial charge in [0.15, 0.2) is 0 Å². The van der Waals surface area contributed by atoms with Crippen LogP contribution in [-0.4, -0.2) is 48.3 Å². The van der Waals surface area contributed by atoms with Gasteiger partial charge in [0.05, 0.1) is 5.92 Å². The van der Waals surface area contributed by atoms with Crippen molar-refractivity contribution in [2.75, 3.05) is 19.6 Å². The molecule has 1 atom stereocenters. The van der Waals surface area contributed by atoms with E-state index in [4.69, 9.17) is 0 Å². The number of benzene rings is 1. The van der Waals surface area contributed by atoms with Gasteiger partial charge >= 0.3 is 0 Å². The molecule has 2 aliphatic rings. The Kier molecular flexibility index (Phi) is 6.42. The number of halogens is 1. The van der Waals surface area contributed by atoms with Crippen LogP contribution >= 0.6 is 0 Å². The van der Waals surface area contributed by atoms with Crippen molar-refractivity contribution in [3.8, 4) is 0 Å². The standard InChI is InChI=1S/C20H26FN3O3/c21-16-8-5-14(6-9-16)19(26)22-11-12-23-20(27)15-7-10-18(25)24(13-15)17-3-1-2-4-17/h5-6,8-9,15,17H,1-4,7,10-13H2,(H,22,26)(H,23,27)/t15-/m0/s1. The first kappa shape index (κ1) is 19.3. The van der Waals surface area contributed by atoms with E-state index in [1.54, 1.807) is 0 Å². The molecular formula is C20H26FN3O3. The largest absolute Gasteiger partial charge is 0.354 e. The summed E-state index contributed by atoms with van der Waals surface area (Å²) in [6, 6.07) is 5.59. The van der Waals surface area contributed by atoms with E-state index in [1.165, 1.54) is 24.3 Å². The molecule has 0 bridgehead atoms. The van der Waals surface area contributed by atoms with Gasteiger partial charge in [-0.3, -0.25) is 14.4 Å². The highest BCUT2D eigenvalue weighted by atomic mass is 19.1. The van der Waals surface area contributed by atoms with E-state index >= 15 is 0 Å². The number of piperidine rings is 1. The molecule has 3 rings (SSSR count). The zero-order chi connectivity index (χ0) is 19.2. The minimum absolute atomic E-state index is 0.0680. The summed E-state index contributed by atoms with van der Waals surface area (Å²) in [4.78, 5) is 38.4. The summed E-state index contributed by atoms with van der Waals surface area (Å²) in [5, 5.41) is 5.54. The molecule has 1 aliphatic carbocycles. The third-order valence-corrected chi connectivity index (χ3v) is 5.40. The quantitative estimate of drug-likeness (QED) is 0.745. The molecule has 0 unspecified atom stereocenters. The highest BCUT2D eigenvalue weighted by Crippen LogP contribution is 2.28. The third kappa shape index (κ3) is 5.05. The van der Waals surface area contributed by atoms with E-state index in [9.17, 15) is 18.8 Å². The molecule has 0 radical (unpaired) electrons. The lowest BCUT2D eigenvalue weighted by Gasteiger charge is -2.36. The summed E-state index contributed by atoms with van der Waals surface area (Å²) in [6.45, 7) is 1.11. The van der Waals surface area contributed by atoms with Crippen LogP contribution in [0, 0.1) is 11.7 Å². The van der Waals surface area contributed by atoms with Crippen molar-refractivity contribution in [3.05, 3.63) is 35.6 Å². The van der Waals surface area contributed by atoms with Crippen molar-refractivity contribution in [1.82, 2.24) is 15.5 Å². The van der Waals surface area contributed by atoms with E-state index in [2.05, 4.69) is 10.6 Å². The lowest BCUT2D eigenvalue weighted by Crippen LogP contribution is -2.49. The molecule has 1 saturated carbocycles. The number of carbonyl (C=O) groups excluding carboxylic acids is 3. The number of carbonyl (C=O) groups is 3. The second kappa shape index (κ2) is 8.97. The first-order chi connectivity index (χ1) is 13.0. The number of rotatable bonds is 6. The van der Waals surface area contributed by atoms with Crippen molar-refractivity contribution >= 4 is 17.7 Å². The number of nitrogens with one attached hydrogen (secondary N) is 2. The Hall–Kier alpha value is -2.44. The van der Waals surface area contributed by atoms with E-state index in [-0.39, 0.29) is 23.6 Å². The maximum absolute atomic E-state index is 12.9. The average Bonchev–Trinajstić information content (AvgIpc) is 3.20. The van der Waals surface area contributed by atoms with E-state index in [0.717, 1.165) is 25.7 Å². The fraction of sp³-hybridized carbons (Fsp3) is 0.550. The van der Waals surface area contributed by atoms with Crippen LogP contribution in [0.4, 0.5) is 4.39 Å². The Morgan fingerprint density at radius 2 is 1.70 bits per heavy atom. The van der Waals surface area contributed by atoms with Gasteiger partial charge in [-0.2, -0.15) is 0 Å². The minimum Gasteiger partial charge on any atom is -0.354 e. The first-order valence-corrected chi connectivity index (χ1v) is 9.65. The van der Waals surface area contributed by atoms with E-state index in [1.807, 2.05) is 4.90 Å². The van der Waals surface area contributed by atoms with Gasteiger partial charge in [0, 0.05) is 37.7 Å². The predicted molar refractivity (Wildman–Crippen MR) is 98.4 cm³/mol. The number of hydrogen-bond donors (Lipinski definition) is 2. The summed E-state index contributed by atoms with van der Waals surface area (Å²) in [6.07, 6.45) is 5.38. The van der Waals surface area contributed by atoms with Gasteiger partial charge < -0.3 is 15.5 Å². The third-order valence-electron chi connectivity index (χ3n) is 5.40. The second-order valence-electron chi connectivity index (χ2n) is 7.27. The normalized spacial score (nSPS) is 20.6. The highest BCUT2D eigenvalue weighted by molar-refractivity contribution is 5.94. The van der Waals surface area contributed by atoms with E-state index in [0.29, 0.717) is 44.1 Å². The maximum Gasteiger partial charge on any atom is 0.251 e. The Morgan fingerprint density at radius 1 is 1.04 bits per heavy atom. The molecule has 1 aliphatic heterocycles. The fourth-order valence-corrected chi connectivity index (χ4v) is 3.86. The van der Waals surface area contributed by atoms with E-state index < -0.39 is 5.82 Å². The summed E-state index contributed by atoms with van der Waals surface area (Å²) in [5.41, 5.74) is 0.376. The van der Waals surface area contributed by atoms with Crippen molar-refractivity contribution in [1.29, 1.82) is 0 Å². The van der Waals surface area contributed by atoms with Crippen LogP contribution in [0.2, 0.25) is 0 Å². The Morgan fingerprint density at radius 3 is 2.41 bits per heavy atom. The lowest BCUT2D eigenvalue weighted by molar-refractivity contribution is -0.140. The molecule has 2 fully saturated rings. The maximum atomic E-state index is 12.9. The number of nitrogens with zero attached hydrogens (tertiary/aromatic N) is 1. The molecule has 0 spiro atoms. The summed E-state index contributed by atoms with van der Waals surface area (Å²) < 4.78 is 12.9. The highest BCUT2D eigenvalue weighted by Gasteiger charge is 2.34. The van der Waals surface area contributed by atoms with Crippen LogP contribution < -0.4 is 10.6 Å². The van der Waals surface area contributed by atoms with Gasteiger partial charge in [-0.25, -0.2) is 4.39 Å². The van der Waals surface area contributed by atoms with Gasteiger partial charge in [-0.1, -0.05) is 12.8 Å². The lowest BCUT2D eigenvalue weighted by atomic mass is 9.95. The summed E-state index contributed by atoms with van der Waals surface area (Å²) in [5.74, 6) is -0.786. The molecule has 1 aromatic carbocycles. The van der Waals surface area contributed by atoms with Crippen LogP contribution in [0.5, 0.6) is 0 Å². The SMILES string of the molecule is O=C(NCCNC(=O)[C@H]1CCC(=O)N(C2CCCC2)C1)c1ccc(F)cc1. The molecule has 0 aromatic heterocycles. The zero-order valence-corrected chi connectivity index (χ0v) is 15.4. The van der Waals surface area contributed by atoms with Gasteiger partial charge in [0.2, 0.25) is 11.8 Å². The topological polar surface area (TPSA) is 78.5 Å². The van der Waals surface area contributed by atoms with Gasteiger partial charge in [0.25, 0.3) is 5.91 Å². The molecule has 1 aromatic rings. The van der Waals surface area contributed by atoms with Crippen molar-refractivity contribution in [3.63, 3.8) is 0 Å². The predicted octanol–water partition coefficient (Wildman–Crippen LogP) is 1.85. The van der Waals surface area contributed by atoms with Crippen molar-refractivity contribution in [2.45, 2.75) is 44.6 Å². The summed E-state index contributed by atoms with van der Waals surface area (Å²) >= 11 is 0. The van der Waals surface area contributed by atoms with Crippen LogP contribution in [-0.2, 0) is 9.59 Å². The molecule has 1 saturated heterocycles. The molecule has 2 N–H and O–H groups in total. The molecule has 27 heavy (non-hydrogen) atoms. The molecule has 6 nitrogen and oxygen atoms in total. The van der Waals surface area contributed by atoms with Crippen LogP contribution in [0.25, 0.3) is 0 Å². The van der Waals surface area contributed by atoms with Crippen molar-refractivity contribution in [2.24, 2.45) is 5.92 Å². The summed E-state index contributed by atoms with van der Waals surface area (Å²) in [7, 11) is 0. The molecule has 1 heterocycles. The molecular weight excluding hydrogens is 349 g/mol. The van der Waals surface area contributed by atoms with Gasteiger partial charge in [-0.05, 0) is 43.5 Å². The number of amides is 3. The smallest absolute Gasteiger partial charge is 0.251 e. The van der Waals surface area contributed by atoms with Crippen LogP contribution in [0.3, 0.4) is 0 Å². The Labute approximate surface area is 158 Å². The van der Waals surface area contributed by atoms with Crippen LogP contribution in [0.15, 0.2) is 24.3 Å². The first-order valence-electron chi connectivity index (χ1n) is 9.65. The monoisotopic (exact) mass is 375 g/mol. The number of likely N-dealkylation sites (tertiary alicyclic amines) is 1. The Bertz CT molecular complexity index is 686. The molecule has 7 heteroatoms. The average molecular weight is 375 g/mol. The molecule has 3 amide bonds. The zero-order valence-electron chi connectivity index (χ0n) is 15.4. The van der Waals surface area contributed by atoms with Gasteiger partial charge in [0.1, 0.15) is 5.82 Å². The molecule has 146 valence electrons.